The molecule has 1 heterocycles. The van der Waals surface area contributed by atoms with E-state index >= 15 is 0 Å². The number of likely N-dealkylation sites (tertiary alicyclic amines) is 1. The van der Waals surface area contributed by atoms with Crippen molar-refractivity contribution >= 4 is 0 Å². The minimum atomic E-state index is 0.959. The fourth-order valence-corrected chi connectivity index (χ4v) is 2.50. The van der Waals surface area contributed by atoms with E-state index in [1.807, 2.05) is 0 Å². The van der Waals surface area contributed by atoms with Gasteiger partial charge in [0.15, 0.2) is 0 Å². The van der Waals surface area contributed by atoms with Crippen LogP contribution in [0.5, 0.6) is 0 Å². The molecule has 12 heavy (non-hydrogen) atoms. The van der Waals surface area contributed by atoms with Crippen molar-refractivity contribution in [3.8, 4) is 0 Å². The number of quaternary nitrogens is 1. The molecule has 0 aliphatic carbocycles. The van der Waals surface area contributed by atoms with Crippen LogP contribution in [0.15, 0.2) is 0 Å². The van der Waals surface area contributed by atoms with Gasteiger partial charge in [-0.15, -0.1) is 0 Å². The third-order valence-electron chi connectivity index (χ3n) is 3.20. The lowest BCUT2D eigenvalue weighted by Crippen LogP contribution is -2.50. The molecule has 0 N–H and O–H groups in total. The number of hydrogen-bond donors (Lipinski definition) is 0. The van der Waals surface area contributed by atoms with Gasteiger partial charge in [0.05, 0.1) is 26.7 Å². The summed E-state index contributed by atoms with van der Waals surface area (Å²) in [6, 6.07) is 0. The summed E-state index contributed by atoms with van der Waals surface area (Å²) in [7, 11) is 2.44. The summed E-state index contributed by atoms with van der Waals surface area (Å²) in [6.07, 6.45) is 5.66. The van der Waals surface area contributed by atoms with E-state index in [1.165, 1.54) is 49.8 Å². The molecule has 1 aliphatic rings. The Morgan fingerprint density at radius 2 is 2.17 bits per heavy atom. The normalized spacial score (nSPS) is 36.8. The zero-order chi connectivity index (χ0) is 9.03. The van der Waals surface area contributed by atoms with Gasteiger partial charge in [0, 0.05) is 5.92 Å². The number of unbranched alkanes of at least 4 members (excludes halogenated alkanes) is 1. The molecular weight excluding hydrogens is 146 g/mol. The molecule has 1 rings (SSSR count). The zero-order valence-corrected chi connectivity index (χ0v) is 8.97. The van der Waals surface area contributed by atoms with Gasteiger partial charge in [-0.2, -0.15) is 0 Å². The Morgan fingerprint density at radius 3 is 2.75 bits per heavy atom. The van der Waals surface area contributed by atoms with Crippen LogP contribution in [-0.4, -0.2) is 31.2 Å². The Balaban J connectivity index is 2.35. The highest BCUT2D eigenvalue weighted by Gasteiger charge is 2.27. The minimum Gasteiger partial charge on any atom is -0.326 e. The van der Waals surface area contributed by atoms with Crippen LogP contribution in [0.4, 0.5) is 0 Å². The molecule has 0 radical (unpaired) electrons. The molecule has 72 valence electrons. The van der Waals surface area contributed by atoms with Crippen molar-refractivity contribution in [1.29, 1.82) is 0 Å². The third-order valence-corrected chi connectivity index (χ3v) is 3.20. The molecule has 0 saturated carbocycles. The van der Waals surface area contributed by atoms with Crippen LogP contribution in [0.3, 0.4) is 0 Å². The van der Waals surface area contributed by atoms with E-state index in [0.717, 1.165) is 5.92 Å². The zero-order valence-electron chi connectivity index (χ0n) is 8.97. The largest absolute Gasteiger partial charge is 0.326 e. The van der Waals surface area contributed by atoms with Crippen molar-refractivity contribution in [3.63, 3.8) is 0 Å². The lowest BCUT2D eigenvalue weighted by atomic mass is 9.98. The first-order valence-corrected chi connectivity index (χ1v) is 5.50. The first kappa shape index (κ1) is 10.0. The molecular formula is C11H24N+. The van der Waals surface area contributed by atoms with Gasteiger partial charge < -0.3 is 4.48 Å². The number of rotatable bonds is 3. The molecule has 0 aromatic heterocycles. The van der Waals surface area contributed by atoms with Gasteiger partial charge in [-0.3, -0.25) is 0 Å². The Bertz CT molecular complexity index is 133. The standard InChI is InChI=1S/C11H24N/c1-4-5-8-12(3)9-6-7-11(2)10-12/h11H,4-10H2,1-3H3/q+1/t11-,12+/m0/s1. The predicted octanol–water partition coefficient (Wildman–Crippen LogP) is 2.66. The molecule has 0 aromatic rings. The maximum atomic E-state index is 2.44. The van der Waals surface area contributed by atoms with Gasteiger partial charge in [-0.25, -0.2) is 0 Å². The van der Waals surface area contributed by atoms with Crippen molar-refractivity contribution in [2.75, 3.05) is 26.7 Å². The van der Waals surface area contributed by atoms with Crippen LogP contribution in [0, 0.1) is 5.92 Å². The van der Waals surface area contributed by atoms with Gasteiger partial charge in [-0.05, 0) is 19.3 Å². The molecule has 1 heteroatoms. The first-order valence-electron chi connectivity index (χ1n) is 5.50. The molecule has 0 aromatic carbocycles. The Kier molecular flexibility index (Phi) is 3.57. The fourth-order valence-electron chi connectivity index (χ4n) is 2.50. The first-order chi connectivity index (χ1) is 5.66. The summed E-state index contributed by atoms with van der Waals surface area (Å²) in [5.74, 6) is 0.959. The second-order valence-electron chi connectivity index (χ2n) is 4.85. The summed E-state index contributed by atoms with van der Waals surface area (Å²) in [4.78, 5) is 0. The Labute approximate surface area is 77.4 Å². The predicted molar refractivity (Wildman–Crippen MR) is 54.1 cm³/mol. The topological polar surface area (TPSA) is 0 Å². The van der Waals surface area contributed by atoms with E-state index in [0.29, 0.717) is 0 Å². The molecule has 1 nitrogen and oxygen atoms in total. The molecule has 1 saturated heterocycles. The molecule has 1 aliphatic heterocycles. The minimum absolute atomic E-state index is 0.959. The highest BCUT2D eigenvalue weighted by Crippen LogP contribution is 2.21. The summed E-state index contributed by atoms with van der Waals surface area (Å²) in [6.45, 7) is 8.94. The van der Waals surface area contributed by atoms with Crippen LogP contribution < -0.4 is 0 Å². The molecule has 1 fully saturated rings. The monoisotopic (exact) mass is 170 g/mol. The van der Waals surface area contributed by atoms with Crippen molar-refractivity contribution in [3.05, 3.63) is 0 Å². The molecule has 0 spiro atoms. The van der Waals surface area contributed by atoms with Gasteiger partial charge in [-0.1, -0.05) is 20.3 Å². The van der Waals surface area contributed by atoms with Crippen LogP contribution in [0.25, 0.3) is 0 Å². The van der Waals surface area contributed by atoms with E-state index in [9.17, 15) is 0 Å². The summed E-state index contributed by atoms with van der Waals surface area (Å²) < 4.78 is 1.34. The van der Waals surface area contributed by atoms with Crippen molar-refractivity contribution in [2.45, 2.75) is 39.5 Å². The lowest BCUT2D eigenvalue weighted by Gasteiger charge is -2.40. The second-order valence-corrected chi connectivity index (χ2v) is 4.85. The third kappa shape index (κ3) is 2.78. The summed E-state index contributed by atoms with van der Waals surface area (Å²) >= 11 is 0. The average Bonchev–Trinajstić information content (AvgIpc) is 2.01. The molecule has 2 atom stereocenters. The van der Waals surface area contributed by atoms with Gasteiger partial charge >= 0.3 is 0 Å². The average molecular weight is 170 g/mol. The van der Waals surface area contributed by atoms with E-state index < -0.39 is 0 Å². The van der Waals surface area contributed by atoms with E-state index in [1.54, 1.807) is 0 Å². The fraction of sp³-hybridized carbons (Fsp3) is 1.00. The Morgan fingerprint density at radius 1 is 1.42 bits per heavy atom. The SMILES string of the molecule is CCCC[N@+]1(C)CCC[C@H](C)C1. The van der Waals surface area contributed by atoms with Crippen molar-refractivity contribution in [2.24, 2.45) is 5.92 Å². The van der Waals surface area contributed by atoms with Crippen LogP contribution in [-0.2, 0) is 0 Å². The highest BCUT2D eigenvalue weighted by atomic mass is 15.3. The second kappa shape index (κ2) is 4.27. The van der Waals surface area contributed by atoms with E-state index in [4.69, 9.17) is 0 Å². The van der Waals surface area contributed by atoms with Gasteiger partial charge in [0.2, 0.25) is 0 Å². The summed E-state index contributed by atoms with van der Waals surface area (Å²) in [5, 5.41) is 0. The molecule has 0 amide bonds. The van der Waals surface area contributed by atoms with Crippen molar-refractivity contribution < 1.29 is 4.48 Å². The maximum Gasteiger partial charge on any atom is 0.0810 e. The molecule has 0 unspecified atom stereocenters. The van der Waals surface area contributed by atoms with Crippen LogP contribution in [0.1, 0.15) is 39.5 Å². The van der Waals surface area contributed by atoms with Gasteiger partial charge in [0.25, 0.3) is 0 Å². The van der Waals surface area contributed by atoms with E-state index in [-0.39, 0.29) is 0 Å². The summed E-state index contributed by atoms with van der Waals surface area (Å²) in [5.41, 5.74) is 0. The highest BCUT2D eigenvalue weighted by molar-refractivity contribution is 4.59. The van der Waals surface area contributed by atoms with Crippen molar-refractivity contribution in [1.82, 2.24) is 0 Å². The quantitative estimate of drug-likeness (QED) is 0.571. The van der Waals surface area contributed by atoms with E-state index in [2.05, 4.69) is 20.9 Å². The Hall–Kier alpha value is -0.0400. The molecule has 0 bridgehead atoms. The smallest absolute Gasteiger partial charge is 0.0810 e. The number of hydrogen-bond acceptors (Lipinski definition) is 0. The van der Waals surface area contributed by atoms with Crippen LogP contribution in [0.2, 0.25) is 0 Å². The number of nitrogens with zero attached hydrogens (tertiary/aromatic N) is 1. The number of piperidine rings is 1. The van der Waals surface area contributed by atoms with Crippen LogP contribution >= 0.6 is 0 Å². The lowest BCUT2D eigenvalue weighted by molar-refractivity contribution is -0.917. The van der Waals surface area contributed by atoms with Gasteiger partial charge in [0.1, 0.15) is 0 Å². The maximum absolute atomic E-state index is 2.44.